The molecule has 0 amide bonds. The number of ether oxygens (including phenoxy) is 1. The number of aryl methyl sites for hydroxylation is 1. The van der Waals surface area contributed by atoms with Crippen molar-refractivity contribution in [2.24, 2.45) is 5.92 Å². The number of hydrogen-bond acceptors (Lipinski definition) is 8. The maximum atomic E-state index is 10.2. The predicted octanol–water partition coefficient (Wildman–Crippen LogP) is 1.62. The molecule has 2 unspecified atom stereocenters. The maximum Gasteiger partial charge on any atom is 0.222 e. The second kappa shape index (κ2) is 9.30. The van der Waals surface area contributed by atoms with Gasteiger partial charge in [-0.15, -0.1) is 0 Å². The first-order chi connectivity index (χ1) is 12.5. The summed E-state index contributed by atoms with van der Waals surface area (Å²) in [7, 11) is 0. The highest BCUT2D eigenvalue weighted by Gasteiger charge is 2.19. The first-order valence-electron chi connectivity index (χ1n) is 8.76. The van der Waals surface area contributed by atoms with Crippen LogP contribution in [0.4, 0.5) is 11.8 Å². The predicted molar refractivity (Wildman–Crippen MR) is 101 cm³/mol. The van der Waals surface area contributed by atoms with Crippen molar-refractivity contribution in [2.75, 3.05) is 30.8 Å². The van der Waals surface area contributed by atoms with E-state index in [4.69, 9.17) is 10.5 Å². The van der Waals surface area contributed by atoms with Crippen LogP contribution in [0.25, 0.3) is 11.1 Å². The quantitative estimate of drug-likeness (QED) is 0.531. The van der Waals surface area contributed by atoms with Gasteiger partial charge in [0.1, 0.15) is 5.82 Å². The third-order valence-electron chi connectivity index (χ3n) is 4.21. The Balaban J connectivity index is 2.28. The SMILES string of the molecule is CCOc1ccc(-c2c(C)nc(N)nc2NCC(O)C(CC)CO)cn1. The van der Waals surface area contributed by atoms with Gasteiger partial charge in [-0.2, -0.15) is 4.98 Å². The van der Waals surface area contributed by atoms with Gasteiger partial charge in [-0.3, -0.25) is 0 Å². The molecule has 0 saturated carbocycles. The van der Waals surface area contributed by atoms with E-state index in [0.717, 1.165) is 11.1 Å². The molecule has 0 fully saturated rings. The second-order valence-electron chi connectivity index (χ2n) is 6.01. The molecule has 8 nitrogen and oxygen atoms in total. The molecule has 0 aromatic carbocycles. The van der Waals surface area contributed by atoms with E-state index in [1.165, 1.54) is 0 Å². The minimum atomic E-state index is -0.701. The summed E-state index contributed by atoms with van der Waals surface area (Å²) >= 11 is 0. The normalized spacial score (nSPS) is 13.3. The van der Waals surface area contributed by atoms with Crippen LogP contribution in [0, 0.1) is 12.8 Å². The third kappa shape index (κ3) is 4.80. The molecular formula is C18H27N5O3. The van der Waals surface area contributed by atoms with Crippen molar-refractivity contribution in [3.63, 3.8) is 0 Å². The Hall–Kier alpha value is -2.45. The van der Waals surface area contributed by atoms with E-state index in [2.05, 4.69) is 20.3 Å². The molecular weight excluding hydrogens is 334 g/mol. The van der Waals surface area contributed by atoms with Gasteiger partial charge in [0.2, 0.25) is 11.8 Å². The van der Waals surface area contributed by atoms with Crippen LogP contribution in [0.3, 0.4) is 0 Å². The van der Waals surface area contributed by atoms with Crippen molar-refractivity contribution < 1.29 is 14.9 Å². The van der Waals surface area contributed by atoms with Crippen molar-refractivity contribution in [3.8, 4) is 17.0 Å². The second-order valence-corrected chi connectivity index (χ2v) is 6.01. The zero-order valence-electron chi connectivity index (χ0n) is 15.4. The molecule has 8 heteroatoms. The van der Waals surface area contributed by atoms with Crippen LogP contribution in [-0.4, -0.2) is 51.0 Å². The van der Waals surface area contributed by atoms with E-state index in [1.807, 2.05) is 26.8 Å². The minimum Gasteiger partial charge on any atom is -0.478 e. The van der Waals surface area contributed by atoms with Gasteiger partial charge in [0.05, 0.1) is 18.4 Å². The summed E-state index contributed by atoms with van der Waals surface area (Å²) in [5.74, 6) is 1.02. The number of nitrogens with one attached hydrogen (secondary N) is 1. The Morgan fingerprint density at radius 2 is 2.04 bits per heavy atom. The van der Waals surface area contributed by atoms with Gasteiger partial charge in [-0.05, 0) is 26.3 Å². The average Bonchev–Trinajstić information content (AvgIpc) is 2.62. The van der Waals surface area contributed by atoms with Gasteiger partial charge in [0.25, 0.3) is 0 Å². The summed E-state index contributed by atoms with van der Waals surface area (Å²) in [6.07, 6.45) is 1.67. The van der Waals surface area contributed by atoms with E-state index in [-0.39, 0.29) is 25.0 Å². The van der Waals surface area contributed by atoms with Gasteiger partial charge >= 0.3 is 0 Å². The van der Waals surface area contributed by atoms with Gasteiger partial charge in [0, 0.05) is 42.5 Å². The van der Waals surface area contributed by atoms with Gasteiger partial charge < -0.3 is 26.0 Å². The molecule has 2 atom stereocenters. The van der Waals surface area contributed by atoms with Crippen LogP contribution in [0.1, 0.15) is 26.0 Å². The van der Waals surface area contributed by atoms with Crippen molar-refractivity contribution in [2.45, 2.75) is 33.3 Å². The fourth-order valence-electron chi connectivity index (χ4n) is 2.72. The summed E-state index contributed by atoms with van der Waals surface area (Å²) in [5.41, 5.74) is 8.07. The van der Waals surface area contributed by atoms with E-state index >= 15 is 0 Å². The molecule has 0 aliphatic rings. The average molecular weight is 361 g/mol. The lowest BCUT2D eigenvalue weighted by molar-refractivity contribution is 0.0742. The summed E-state index contributed by atoms with van der Waals surface area (Å²) < 4.78 is 5.37. The Bertz CT molecular complexity index is 705. The smallest absolute Gasteiger partial charge is 0.222 e. The molecule has 26 heavy (non-hydrogen) atoms. The van der Waals surface area contributed by atoms with Gasteiger partial charge in [-0.25, -0.2) is 9.97 Å². The number of rotatable bonds is 9. The van der Waals surface area contributed by atoms with Crippen LogP contribution >= 0.6 is 0 Å². The molecule has 5 N–H and O–H groups in total. The molecule has 0 saturated heterocycles. The number of nitrogen functional groups attached to an aromatic ring is 1. The van der Waals surface area contributed by atoms with Crippen LogP contribution in [0.5, 0.6) is 5.88 Å². The Morgan fingerprint density at radius 1 is 1.27 bits per heavy atom. The molecule has 0 radical (unpaired) electrons. The molecule has 0 aliphatic heterocycles. The number of anilines is 2. The van der Waals surface area contributed by atoms with Gasteiger partial charge in [0.15, 0.2) is 0 Å². The molecule has 2 heterocycles. The van der Waals surface area contributed by atoms with E-state index in [1.54, 1.807) is 12.3 Å². The van der Waals surface area contributed by atoms with E-state index in [9.17, 15) is 10.2 Å². The monoisotopic (exact) mass is 361 g/mol. The molecule has 0 bridgehead atoms. The fourth-order valence-corrected chi connectivity index (χ4v) is 2.72. The molecule has 2 aromatic rings. The summed E-state index contributed by atoms with van der Waals surface area (Å²) in [6.45, 7) is 6.38. The number of nitrogens with zero attached hydrogens (tertiary/aromatic N) is 3. The van der Waals surface area contributed by atoms with Crippen LogP contribution < -0.4 is 15.8 Å². The van der Waals surface area contributed by atoms with Crippen LogP contribution in [-0.2, 0) is 0 Å². The Labute approximate surface area is 153 Å². The maximum absolute atomic E-state index is 10.2. The van der Waals surface area contributed by atoms with Crippen molar-refractivity contribution in [1.29, 1.82) is 0 Å². The summed E-state index contributed by atoms with van der Waals surface area (Å²) in [4.78, 5) is 12.8. The van der Waals surface area contributed by atoms with Crippen LogP contribution in [0.2, 0.25) is 0 Å². The highest BCUT2D eigenvalue weighted by molar-refractivity contribution is 5.77. The van der Waals surface area contributed by atoms with Crippen molar-refractivity contribution in [1.82, 2.24) is 15.0 Å². The highest BCUT2D eigenvalue weighted by atomic mass is 16.5. The van der Waals surface area contributed by atoms with Gasteiger partial charge in [-0.1, -0.05) is 6.92 Å². The molecule has 0 aliphatic carbocycles. The summed E-state index contributed by atoms with van der Waals surface area (Å²) in [5, 5.41) is 22.7. The van der Waals surface area contributed by atoms with E-state index in [0.29, 0.717) is 30.4 Å². The topological polar surface area (TPSA) is 126 Å². The number of aliphatic hydroxyl groups is 2. The van der Waals surface area contributed by atoms with E-state index < -0.39 is 6.10 Å². The highest BCUT2D eigenvalue weighted by Crippen LogP contribution is 2.30. The summed E-state index contributed by atoms with van der Waals surface area (Å²) in [6, 6.07) is 3.66. The lowest BCUT2D eigenvalue weighted by atomic mass is 10.0. The molecule has 142 valence electrons. The lowest BCUT2D eigenvalue weighted by Gasteiger charge is -2.21. The number of aliphatic hydroxyl groups excluding tert-OH is 2. The number of aromatic nitrogens is 3. The van der Waals surface area contributed by atoms with Crippen molar-refractivity contribution in [3.05, 3.63) is 24.0 Å². The van der Waals surface area contributed by atoms with Crippen molar-refractivity contribution >= 4 is 11.8 Å². The third-order valence-corrected chi connectivity index (χ3v) is 4.21. The lowest BCUT2D eigenvalue weighted by Crippen LogP contribution is -2.30. The number of pyridine rings is 1. The zero-order chi connectivity index (χ0) is 19.1. The first-order valence-corrected chi connectivity index (χ1v) is 8.76. The Kier molecular flexibility index (Phi) is 7.11. The minimum absolute atomic E-state index is 0.0695. The standard InChI is InChI=1S/C18H27N5O3/c1-4-12(10-24)14(25)9-21-17-16(11(3)22-18(19)23-17)13-6-7-15(20-8-13)26-5-2/h6-8,12,14,24-25H,4-5,9-10H2,1-3H3,(H3,19,21,22,23). The van der Waals surface area contributed by atoms with Crippen LogP contribution in [0.15, 0.2) is 18.3 Å². The fraction of sp³-hybridized carbons (Fsp3) is 0.500. The number of hydrogen-bond donors (Lipinski definition) is 4. The largest absolute Gasteiger partial charge is 0.478 e. The zero-order valence-corrected chi connectivity index (χ0v) is 15.4. The molecule has 0 spiro atoms. The first kappa shape index (κ1) is 19.9. The molecule has 2 aromatic heterocycles. The number of nitrogens with two attached hydrogens (primary N) is 1. The Morgan fingerprint density at radius 3 is 2.62 bits per heavy atom. The molecule has 2 rings (SSSR count).